The molecule has 0 radical (unpaired) electrons. The van der Waals surface area contributed by atoms with Gasteiger partial charge in [0, 0.05) is 0 Å². The zero-order chi connectivity index (χ0) is 20.8. The van der Waals surface area contributed by atoms with Crippen molar-refractivity contribution in [2.75, 3.05) is 26.2 Å². The third kappa shape index (κ3) is 12.7. The Hall–Kier alpha value is -0.340. The van der Waals surface area contributed by atoms with Crippen LogP contribution in [-0.2, 0) is 10.1 Å². The van der Waals surface area contributed by atoms with E-state index in [1.54, 1.807) is 0 Å². The van der Waals surface area contributed by atoms with E-state index >= 15 is 0 Å². The van der Waals surface area contributed by atoms with Crippen molar-refractivity contribution in [3.63, 3.8) is 0 Å². The fourth-order valence-corrected chi connectivity index (χ4v) is 3.64. The fraction of sp³-hybridized carbons (Fsp3) is 1.00. The van der Waals surface area contributed by atoms with Crippen LogP contribution < -0.4 is 0 Å². The van der Waals surface area contributed by atoms with Gasteiger partial charge in [0.1, 0.15) is 0 Å². The molecule has 1 aliphatic heterocycles. The van der Waals surface area contributed by atoms with Crippen LogP contribution in [0.5, 0.6) is 0 Å². The van der Waals surface area contributed by atoms with Gasteiger partial charge in [-0.25, -0.2) is 8.42 Å². The van der Waals surface area contributed by atoms with E-state index in [0.717, 1.165) is 0 Å². The number of nitrogens with zero attached hydrogens (tertiary/aromatic N) is 1. The zero-order valence-electron chi connectivity index (χ0n) is 17.0. The molecule has 27 heavy (non-hydrogen) atoms. The molecule has 1 aliphatic rings. The maximum absolute atomic E-state index is 10.7. The van der Waals surface area contributed by atoms with E-state index in [2.05, 4.69) is 13.8 Å². The summed E-state index contributed by atoms with van der Waals surface area (Å²) < 4.78 is 60.3. The van der Waals surface area contributed by atoms with Crippen LogP contribution >= 0.6 is 0 Å². The number of hydrogen-bond acceptors (Lipinski definition) is 3. The molecular formula is C19H38F3NO3S. The Morgan fingerprint density at radius 2 is 1.22 bits per heavy atom. The van der Waals surface area contributed by atoms with Crippen molar-refractivity contribution in [1.29, 1.82) is 0 Å². The zero-order valence-corrected chi connectivity index (χ0v) is 17.8. The Morgan fingerprint density at radius 3 is 1.59 bits per heavy atom. The molecule has 1 heterocycles. The van der Waals surface area contributed by atoms with Gasteiger partial charge in [-0.15, -0.1) is 0 Å². The number of piperidine rings is 1. The van der Waals surface area contributed by atoms with Gasteiger partial charge in [-0.1, -0.05) is 51.9 Å². The molecule has 8 heteroatoms. The van der Waals surface area contributed by atoms with Crippen LogP contribution in [0.15, 0.2) is 0 Å². The topological polar surface area (TPSA) is 57.2 Å². The fourth-order valence-electron chi connectivity index (χ4n) is 3.64. The Balaban J connectivity index is 0.000000713. The third-order valence-electron chi connectivity index (χ3n) is 5.46. The van der Waals surface area contributed by atoms with Crippen LogP contribution in [0.4, 0.5) is 13.2 Å². The second-order valence-electron chi connectivity index (χ2n) is 7.62. The van der Waals surface area contributed by atoms with Crippen molar-refractivity contribution in [1.82, 2.24) is 0 Å². The minimum atomic E-state index is -6.09. The lowest BCUT2D eigenvalue weighted by atomic mass is 10.0. The minimum absolute atomic E-state index is 1.37. The highest BCUT2D eigenvalue weighted by Gasteiger charge is 2.36. The van der Waals surface area contributed by atoms with Gasteiger partial charge >= 0.3 is 5.51 Å². The smallest absolute Gasteiger partial charge is 0.485 e. The lowest BCUT2D eigenvalue weighted by Gasteiger charge is -2.41. The minimum Gasteiger partial charge on any atom is -0.741 e. The number of alkyl halides is 3. The molecule has 0 spiro atoms. The van der Waals surface area contributed by atoms with Crippen LogP contribution in [-0.4, -0.2) is 49.1 Å². The molecular weight excluding hydrogens is 379 g/mol. The van der Waals surface area contributed by atoms with Gasteiger partial charge in [0.25, 0.3) is 0 Å². The predicted octanol–water partition coefficient (Wildman–Crippen LogP) is 5.59. The second kappa shape index (κ2) is 13.8. The molecule has 0 unspecified atom stereocenters. The van der Waals surface area contributed by atoms with Gasteiger partial charge < -0.3 is 9.04 Å². The van der Waals surface area contributed by atoms with Gasteiger partial charge in [-0.3, -0.25) is 0 Å². The lowest BCUT2D eigenvalue weighted by molar-refractivity contribution is -0.931. The molecule has 1 saturated heterocycles. The molecule has 0 amide bonds. The van der Waals surface area contributed by atoms with E-state index in [-0.39, 0.29) is 0 Å². The van der Waals surface area contributed by atoms with Gasteiger partial charge in [0.2, 0.25) is 0 Å². The highest BCUT2D eigenvalue weighted by Crippen LogP contribution is 2.21. The first-order chi connectivity index (χ1) is 12.6. The highest BCUT2D eigenvalue weighted by atomic mass is 32.2. The Bertz CT molecular complexity index is 461. The number of quaternary nitrogens is 1. The van der Waals surface area contributed by atoms with Gasteiger partial charge in [-0.05, 0) is 39.0 Å². The average molecular weight is 418 g/mol. The largest absolute Gasteiger partial charge is 0.741 e. The molecule has 0 saturated carbocycles. The summed E-state index contributed by atoms with van der Waals surface area (Å²) in [5.41, 5.74) is -5.65. The monoisotopic (exact) mass is 417 g/mol. The summed E-state index contributed by atoms with van der Waals surface area (Å²) in [6, 6.07) is 0. The standard InChI is InChI=1S/C18H38N.CHF3O3S/c1-3-5-6-7-8-9-10-11-13-16-19(4-2)17-14-12-15-18-19;2-1(3,4)8(5,6)7/h3-18H2,1-2H3;(H,5,6,7)/q+1;/p-1. The molecule has 1 rings (SSSR count). The SMILES string of the molecule is CCCCCCCCCCC[N+]1(CC)CCCCC1.O=S(=O)([O-])C(F)(F)F. The van der Waals surface area contributed by atoms with E-state index in [1.807, 2.05) is 0 Å². The maximum atomic E-state index is 10.7. The van der Waals surface area contributed by atoms with Crippen molar-refractivity contribution in [2.24, 2.45) is 0 Å². The second-order valence-corrected chi connectivity index (χ2v) is 8.99. The van der Waals surface area contributed by atoms with Crippen molar-refractivity contribution in [3.8, 4) is 0 Å². The highest BCUT2D eigenvalue weighted by molar-refractivity contribution is 7.86. The number of hydrogen-bond donors (Lipinski definition) is 0. The first-order valence-electron chi connectivity index (χ1n) is 10.5. The molecule has 0 bridgehead atoms. The molecule has 164 valence electrons. The molecule has 0 aliphatic carbocycles. The third-order valence-corrected chi connectivity index (χ3v) is 6.02. The van der Waals surface area contributed by atoms with E-state index in [9.17, 15) is 13.2 Å². The summed E-state index contributed by atoms with van der Waals surface area (Å²) in [5, 5.41) is 0. The van der Waals surface area contributed by atoms with Crippen molar-refractivity contribution in [3.05, 3.63) is 0 Å². The maximum Gasteiger partial charge on any atom is 0.485 e. The summed E-state index contributed by atoms with van der Waals surface area (Å²) in [6.07, 6.45) is 17.6. The number of unbranched alkanes of at least 4 members (excludes halogenated alkanes) is 8. The number of rotatable bonds is 11. The van der Waals surface area contributed by atoms with E-state index in [1.165, 1.54) is 108 Å². The van der Waals surface area contributed by atoms with Crippen LogP contribution in [0, 0.1) is 0 Å². The Labute approximate surface area is 163 Å². The van der Waals surface area contributed by atoms with Crippen molar-refractivity contribution in [2.45, 2.75) is 96.4 Å². The summed E-state index contributed by atoms with van der Waals surface area (Å²) in [5.74, 6) is 0. The number of likely N-dealkylation sites (tertiary alicyclic amines) is 1. The Kier molecular flexibility index (Phi) is 13.6. The lowest BCUT2D eigenvalue weighted by Crippen LogP contribution is -2.51. The first kappa shape index (κ1) is 26.7. The van der Waals surface area contributed by atoms with Crippen molar-refractivity contribution >= 4 is 10.1 Å². The molecule has 0 atom stereocenters. The van der Waals surface area contributed by atoms with E-state index in [0.29, 0.717) is 0 Å². The molecule has 0 N–H and O–H groups in total. The Morgan fingerprint density at radius 1 is 0.815 bits per heavy atom. The molecule has 1 fully saturated rings. The number of halogens is 3. The quantitative estimate of drug-likeness (QED) is 0.191. The summed E-state index contributed by atoms with van der Waals surface area (Å²) >= 11 is 0. The predicted molar refractivity (Wildman–Crippen MR) is 102 cm³/mol. The van der Waals surface area contributed by atoms with Crippen LogP contribution in [0.25, 0.3) is 0 Å². The van der Waals surface area contributed by atoms with Crippen LogP contribution in [0.1, 0.15) is 90.9 Å². The summed E-state index contributed by atoms with van der Waals surface area (Å²) in [6.45, 7) is 10.5. The first-order valence-corrected chi connectivity index (χ1v) is 11.9. The van der Waals surface area contributed by atoms with E-state index in [4.69, 9.17) is 13.0 Å². The van der Waals surface area contributed by atoms with Gasteiger partial charge in [0.15, 0.2) is 10.1 Å². The van der Waals surface area contributed by atoms with Crippen LogP contribution in [0.3, 0.4) is 0 Å². The van der Waals surface area contributed by atoms with Gasteiger partial charge in [0.05, 0.1) is 26.2 Å². The van der Waals surface area contributed by atoms with Crippen molar-refractivity contribution < 1.29 is 30.6 Å². The average Bonchev–Trinajstić information content (AvgIpc) is 2.60. The van der Waals surface area contributed by atoms with Gasteiger partial charge in [-0.2, -0.15) is 13.2 Å². The normalized spacial score (nSPS) is 17.3. The molecule has 0 aromatic rings. The molecule has 0 aromatic heterocycles. The molecule has 4 nitrogen and oxygen atoms in total. The molecule has 0 aromatic carbocycles. The van der Waals surface area contributed by atoms with Crippen LogP contribution in [0.2, 0.25) is 0 Å². The summed E-state index contributed by atoms with van der Waals surface area (Å²) in [4.78, 5) is 0. The van der Waals surface area contributed by atoms with E-state index < -0.39 is 15.6 Å². The summed E-state index contributed by atoms with van der Waals surface area (Å²) in [7, 11) is -6.09.